The van der Waals surface area contributed by atoms with Crippen LogP contribution in [0.3, 0.4) is 0 Å². The first-order valence-corrected chi connectivity index (χ1v) is 15.3. The Morgan fingerprint density at radius 3 is 2.65 bits per heavy atom. The number of piperidine rings is 2. The molecule has 4 fully saturated rings. The molecule has 0 amide bonds. The van der Waals surface area contributed by atoms with Gasteiger partial charge in [-0.15, -0.1) is 0 Å². The van der Waals surface area contributed by atoms with E-state index >= 15 is 0 Å². The zero-order chi connectivity index (χ0) is 27.4. The van der Waals surface area contributed by atoms with E-state index in [2.05, 4.69) is 77.6 Å². The molecule has 0 spiro atoms. The van der Waals surface area contributed by atoms with Crippen LogP contribution in [0.25, 0.3) is 28.1 Å². The Hall–Kier alpha value is -3.22. The van der Waals surface area contributed by atoms with E-state index in [1.54, 1.807) is 0 Å². The fourth-order valence-corrected chi connectivity index (χ4v) is 7.38. The third-order valence-corrected chi connectivity index (χ3v) is 9.53. The van der Waals surface area contributed by atoms with Crippen molar-refractivity contribution in [2.45, 2.75) is 70.5 Å². The van der Waals surface area contributed by atoms with Crippen molar-refractivity contribution in [2.75, 3.05) is 37.6 Å². The number of nitrogens with two attached hydrogens (primary N) is 1. The number of fused-ring (bicyclic) bond motifs is 4. The number of benzene rings is 2. The summed E-state index contributed by atoms with van der Waals surface area (Å²) in [4.78, 5) is 17.8. The molecule has 6 heteroatoms. The van der Waals surface area contributed by atoms with E-state index in [9.17, 15) is 0 Å². The summed E-state index contributed by atoms with van der Waals surface area (Å²) in [5.74, 6) is 2.06. The Morgan fingerprint density at radius 2 is 1.88 bits per heavy atom. The zero-order valence-electron chi connectivity index (χ0n) is 24.1. The summed E-state index contributed by atoms with van der Waals surface area (Å²) in [5, 5.41) is 1.18. The van der Waals surface area contributed by atoms with Gasteiger partial charge < -0.3 is 15.5 Å². The number of allylic oxidation sites excluding steroid dienone is 1. The number of likely N-dealkylation sites (tertiary alicyclic amines) is 1. The van der Waals surface area contributed by atoms with Crippen molar-refractivity contribution in [3.05, 3.63) is 71.2 Å². The van der Waals surface area contributed by atoms with E-state index in [1.165, 1.54) is 45.3 Å². The highest BCUT2D eigenvalue weighted by Gasteiger charge is 2.46. The molecule has 2 N–H and O–H groups in total. The molecule has 0 saturated carbocycles. The second kappa shape index (κ2) is 10.3. The van der Waals surface area contributed by atoms with Crippen LogP contribution >= 0.6 is 0 Å². The average Bonchev–Trinajstić information content (AvgIpc) is 2.96. The van der Waals surface area contributed by atoms with Crippen molar-refractivity contribution in [3.8, 4) is 11.1 Å². The number of rotatable bonds is 6. The molecule has 40 heavy (non-hydrogen) atoms. The summed E-state index contributed by atoms with van der Waals surface area (Å²) in [6.45, 7) is 14.0. The van der Waals surface area contributed by atoms with Gasteiger partial charge in [0.25, 0.3) is 0 Å². The number of aryl methyl sites for hydroxylation is 3. The molecule has 1 aliphatic carbocycles. The van der Waals surface area contributed by atoms with Crippen molar-refractivity contribution in [2.24, 2.45) is 5.73 Å². The lowest BCUT2D eigenvalue weighted by molar-refractivity contribution is 0.112. The minimum absolute atomic E-state index is 0.353. The molecule has 2 unspecified atom stereocenters. The summed E-state index contributed by atoms with van der Waals surface area (Å²) in [6.07, 6.45) is 11.1. The maximum atomic E-state index is 6.12. The Balaban J connectivity index is 1.15. The van der Waals surface area contributed by atoms with Crippen LogP contribution in [0.15, 0.2) is 48.7 Å². The molecule has 2 atom stereocenters. The summed E-state index contributed by atoms with van der Waals surface area (Å²) >= 11 is 0. The van der Waals surface area contributed by atoms with Crippen molar-refractivity contribution in [1.29, 1.82) is 0 Å². The van der Waals surface area contributed by atoms with E-state index in [0.717, 1.165) is 82.0 Å². The molecule has 8 rings (SSSR count). The zero-order valence-corrected chi connectivity index (χ0v) is 24.1. The monoisotopic (exact) mass is 534 g/mol. The Kier molecular flexibility index (Phi) is 6.63. The van der Waals surface area contributed by atoms with Crippen LogP contribution in [-0.4, -0.2) is 70.6 Å². The molecule has 6 nitrogen and oxygen atoms in total. The SMILES string of the molecule is C=C(CN1CC2CC(C1)N2c1nc(CC)nc2cc(-c3cc(C)cc4c3C=CCC4)ccc12)N1CCC(N)CC1. The Labute approximate surface area is 238 Å². The maximum absolute atomic E-state index is 6.12. The number of piperazine rings is 1. The van der Waals surface area contributed by atoms with Gasteiger partial charge in [0.1, 0.15) is 11.6 Å². The minimum atomic E-state index is 0.353. The Morgan fingerprint density at radius 1 is 1.07 bits per heavy atom. The summed E-state index contributed by atoms with van der Waals surface area (Å²) < 4.78 is 0. The van der Waals surface area contributed by atoms with Gasteiger partial charge in [-0.3, -0.25) is 4.90 Å². The van der Waals surface area contributed by atoms with Crippen LogP contribution in [-0.2, 0) is 12.8 Å². The minimum Gasteiger partial charge on any atom is -0.374 e. The molecule has 3 aromatic rings. The molecule has 5 heterocycles. The molecule has 5 aliphatic rings. The summed E-state index contributed by atoms with van der Waals surface area (Å²) in [5.41, 5.74) is 15.2. The lowest BCUT2D eigenvalue weighted by Crippen LogP contribution is -2.69. The number of nitrogens with zero attached hydrogens (tertiary/aromatic N) is 5. The average molecular weight is 535 g/mol. The van der Waals surface area contributed by atoms with Crippen LogP contribution in [0, 0.1) is 6.92 Å². The van der Waals surface area contributed by atoms with Gasteiger partial charge in [-0.1, -0.05) is 49.4 Å². The maximum Gasteiger partial charge on any atom is 0.140 e. The molecular weight excluding hydrogens is 492 g/mol. The Bertz CT molecular complexity index is 1470. The molecule has 4 saturated heterocycles. The van der Waals surface area contributed by atoms with Crippen LogP contribution in [0.1, 0.15) is 55.1 Å². The standard InChI is InChI=1S/C34H42N6/c1-4-33-36-32-17-25(31-16-22(2)15-24-7-5-6-8-29(24)31)9-10-30(32)34(37-33)40-27-18-28(40)21-38(20-27)19-23(3)39-13-11-26(35)12-14-39/h6,8-10,15-17,26-28H,3-5,7,11-14,18-21,35H2,1-2H3. The second-order valence-corrected chi connectivity index (χ2v) is 12.4. The van der Waals surface area contributed by atoms with E-state index in [0.29, 0.717) is 18.1 Å². The number of aromatic nitrogens is 2. The molecular formula is C34H42N6. The summed E-state index contributed by atoms with van der Waals surface area (Å²) in [6, 6.07) is 12.9. The van der Waals surface area contributed by atoms with Gasteiger partial charge in [0.2, 0.25) is 0 Å². The normalized spacial score (nSPS) is 22.9. The molecule has 2 aromatic carbocycles. The quantitative estimate of drug-likeness (QED) is 0.462. The van der Waals surface area contributed by atoms with Gasteiger partial charge in [-0.05, 0) is 73.4 Å². The number of anilines is 1. The fraction of sp³-hybridized carbons (Fsp3) is 0.471. The first-order chi connectivity index (χ1) is 19.5. The predicted molar refractivity (Wildman–Crippen MR) is 165 cm³/mol. The van der Waals surface area contributed by atoms with E-state index in [4.69, 9.17) is 15.7 Å². The first kappa shape index (κ1) is 25.7. The molecule has 1 aromatic heterocycles. The van der Waals surface area contributed by atoms with Crippen LogP contribution in [0.5, 0.6) is 0 Å². The highest BCUT2D eigenvalue weighted by Crippen LogP contribution is 2.41. The highest BCUT2D eigenvalue weighted by atomic mass is 15.4. The van der Waals surface area contributed by atoms with Gasteiger partial charge in [0, 0.05) is 68.4 Å². The van der Waals surface area contributed by atoms with E-state index in [-0.39, 0.29) is 0 Å². The number of hydrogen-bond donors (Lipinski definition) is 1. The van der Waals surface area contributed by atoms with Crippen molar-refractivity contribution >= 4 is 22.8 Å². The third kappa shape index (κ3) is 4.61. The third-order valence-electron chi connectivity index (χ3n) is 9.53. The molecule has 208 valence electrons. The lowest BCUT2D eigenvalue weighted by Gasteiger charge is -2.57. The second-order valence-electron chi connectivity index (χ2n) is 12.4. The molecule has 4 aliphatic heterocycles. The smallest absolute Gasteiger partial charge is 0.140 e. The molecule has 2 bridgehead atoms. The highest BCUT2D eigenvalue weighted by molar-refractivity contribution is 5.94. The van der Waals surface area contributed by atoms with Gasteiger partial charge in [0.05, 0.1) is 5.52 Å². The number of hydrogen-bond acceptors (Lipinski definition) is 6. The topological polar surface area (TPSA) is 61.5 Å². The van der Waals surface area contributed by atoms with Gasteiger partial charge >= 0.3 is 0 Å². The van der Waals surface area contributed by atoms with Crippen LogP contribution < -0.4 is 10.6 Å². The van der Waals surface area contributed by atoms with Crippen LogP contribution in [0.4, 0.5) is 5.82 Å². The molecule has 0 radical (unpaired) electrons. The largest absolute Gasteiger partial charge is 0.374 e. The summed E-state index contributed by atoms with van der Waals surface area (Å²) in [7, 11) is 0. The van der Waals surface area contributed by atoms with Gasteiger partial charge in [0.15, 0.2) is 0 Å². The first-order valence-electron chi connectivity index (χ1n) is 15.3. The van der Waals surface area contributed by atoms with Crippen molar-refractivity contribution in [1.82, 2.24) is 19.8 Å². The van der Waals surface area contributed by atoms with Crippen molar-refractivity contribution < 1.29 is 0 Å². The van der Waals surface area contributed by atoms with Crippen molar-refractivity contribution in [3.63, 3.8) is 0 Å². The predicted octanol–water partition coefficient (Wildman–Crippen LogP) is 5.33. The fourth-order valence-electron chi connectivity index (χ4n) is 7.38. The van der Waals surface area contributed by atoms with Crippen LogP contribution in [0.2, 0.25) is 0 Å². The van der Waals surface area contributed by atoms with E-state index < -0.39 is 0 Å². The van der Waals surface area contributed by atoms with Gasteiger partial charge in [-0.25, -0.2) is 9.97 Å². The van der Waals surface area contributed by atoms with Gasteiger partial charge in [-0.2, -0.15) is 0 Å². The van der Waals surface area contributed by atoms with E-state index in [1.807, 2.05) is 0 Å². The lowest BCUT2D eigenvalue weighted by atomic mass is 9.86.